The van der Waals surface area contributed by atoms with Gasteiger partial charge in [0.15, 0.2) is 0 Å². The van der Waals surface area contributed by atoms with E-state index in [1.54, 1.807) is 6.20 Å². The van der Waals surface area contributed by atoms with Crippen molar-refractivity contribution in [3.05, 3.63) is 51.4 Å². The zero-order valence-corrected chi connectivity index (χ0v) is 13.6. The minimum Gasteiger partial charge on any atom is -0.396 e. The van der Waals surface area contributed by atoms with Crippen molar-refractivity contribution < 1.29 is 4.79 Å². The Kier molecular flexibility index (Phi) is 3.65. The first-order chi connectivity index (χ1) is 10.1. The maximum Gasteiger partial charge on any atom is 0.267 e. The second-order valence-corrected chi connectivity index (χ2v) is 6.58. The number of anilines is 2. The summed E-state index contributed by atoms with van der Waals surface area (Å²) in [5, 5.41) is 2.90. The lowest BCUT2D eigenvalue weighted by atomic mass is 10.2. The summed E-state index contributed by atoms with van der Waals surface area (Å²) >= 11 is 4.75. The van der Waals surface area contributed by atoms with Crippen LogP contribution in [0.1, 0.15) is 15.2 Å². The van der Waals surface area contributed by atoms with Gasteiger partial charge in [-0.1, -0.05) is 22.0 Å². The number of hydrogen-bond donors (Lipinski definition) is 2. The number of nitrogens with zero attached hydrogens (tertiary/aromatic N) is 1. The number of hydrogen-bond acceptors (Lipinski definition) is 4. The van der Waals surface area contributed by atoms with E-state index in [-0.39, 0.29) is 5.91 Å². The molecule has 3 rings (SSSR count). The van der Waals surface area contributed by atoms with Gasteiger partial charge in [0, 0.05) is 16.4 Å². The second kappa shape index (κ2) is 5.46. The number of fused-ring (bicyclic) bond motifs is 1. The third kappa shape index (κ3) is 2.64. The average molecular weight is 362 g/mol. The average Bonchev–Trinajstić information content (AvgIpc) is 2.81. The van der Waals surface area contributed by atoms with Gasteiger partial charge >= 0.3 is 0 Å². The molecule has 0 bridgehead atoms. The molecule has 0 aliphatic rings. The largest absolute Gasteiger partial charge is 0.396 e. The fourth-order valence-corrected chi connectivity index (χ4v) is 3.36. The molecule has 0 unspecified atom stereocenters. The Morgan fingerprint density at radius 3 is 2.95 bits per heavy atom. The van der Waals surface area contributed by atoms with E-state index < -0.39 is 0 Å². The molecular weight excluding hydrogens is 350 g/mol. The number of nitrogens with two attached hydrogens (primary N) is 1. The SMILES string of the molecule is Cc1ccc(Br)cc1NC(=O)c1sc2cccnc2c1N. The summed E-state index contributed by atoms with van der Waals surface area (Å²) in [7, 11) is 0. The quantitative estimate of drug-likeness (QED) is 0.718. The summed E-state index contributed by atoms with van der Waals surface area (Å²) in [4.78, 5) is 17.2. The highest BCUT2D eigenvalue weighted by Crippen LogP contribution is 2.32. The number of rotatable bonds is 2. The summed E-state index contributed by atoms with van der Waals surface area (Å²) in [6.07, 6.45) is 1.67. The number of thiophene rings is 1. The molecule has 0 radical (unpaired) electrons. The van der Waals surface area contributed by atoms with Crippen molar-refractivity contribution in [3.8, 4) is 0 Å². The van der Waals surface area contributed by atoms with Crippen molar-refractivity contribution in [3.63, 3.8) is 0 Å². The Balaban J connectivity index is 1.97. The van der Waals surface area contributed by atoms with Crippen LogP contribution in [0.5, 0.6) is 0 Å². The van der Waals surface area contributed by atoms with Crippen LogP contribution in [0, 0.1) is 6.92 Å². The summed E-state index contributed by atoms with van der Waals surface area (Å²) in [6.45, 7) is 1.94. The van der Waals surface area contributed by atoms with Gasteiger partial charge in [0.2, 0.25) is 0 Å². The molecule has 0 atom stereocenters. The zero-order chi connectivity index (χ0) is 15.0. The molecule has 0 fully saturated rings. The maximum absolute atomic E-state index is 12.4. The molecule has 0 aliphatic carbocycles. The van der Waals surface area contributed by atoms with E-state index in [0.717, 1.165) is 20.4 Å². The highest BCUT2D eigenvalue weighted by atomic mass is 79.9. The number of nitrogens with one attached hydrogen (secondary N) is 1. The van der Waals surface area contributed by atoms with Crippen LogP contribution in [0.15, 0.2) is 41.0 Å². The normalized spacial score (nSPS) is 10.8. The third-order valence-electron chi connectivity index (χ3n) is 3.14. The number of pyridine rings is 1. The maximum atomic E-state index is 12.4. The van der Waals surface area contributed by atoms with Crippen molar-refractivity contribution >= 4 is 54.8 Å². The molecule has 0 aliphatic heterocycles. The van der Waals surface area contributed by atoms with E-state index in [9.17, 15) is 4.79 Å². The van der Waals surface area contributed by atoms with Gasteiger partial charge < -0.3 is 11.1 Å². The van der Waals surface area contributed by atoms with Crippen LogP contribution < -0.4 is 11.1 Å². The number of carbonyl (C=O) groups is 1. The fourth-order valence-electron chi connectivity index (χ4n) is 2.02. The van der Waals surface area contributed by atoms with Gasteiger partial charge in [0.05, 0.1) is 10.4 Å². The number of amides is 1. The number of benzene rings is 1. The molecular formula is C15H12BrN3OS. The fraction of sp³-hybridized carbons (Fsp3) is 0.0667. The molecule has 0 spiro atoms. The standard InChI is InChI=1S/C15H12BrN3OS/c1-8-4-5-9(16)7-10(8)19-15(20)14-12(17)13-11(21-14)3-2-6-18-13/h2-7H,17H2,1H3,(H,19,20). The van der Waals surface area contributed by atoms with Gasteiger partial charge in [-0.3, -0.25) is 9.78 Å². The molecule has 4 nitrogen and oxygen atoms in total. The van der Waals surface area contributed by atoms with Crippen molar-refractivity contribution in [2.45, 2.75) is 6.92 Å². The van der Waals surface area contributed by atoms with Gasteiger partial charge in [-0.2, -0.15) is 0 Å². The van der Waals surface area contributed by atoms with Crippen LogP contribution in [0.25, 0.3) is 10.2 Å². The molecule has 3 aromatic rings. The van der Waals surface area contributed by atoms with Gasteiger partial charge in [0.1, 0.15) is 10.4 Å². The summed E-state index contributed by atoms with van der Waals surface area (Å²) in [5.74, 6) is -0.211. The summed E-state index contributed by atoms with van der Waals surface area (Å²) in [5.41, 5.74) is 8.90. The lowest BCUT2D eigenvalue weighted by Gasteiger charge is -2.08. The van der Waals surface area contributed by atoms with Gasteiger partial charge in [0.25, 0.3) is 5.91 Å². The number of nitrogen functional groups attached to an aromatic ring is 1. The number of halogens is 1. The number of aryl methyl sites for hydroxylation is 1. The number of carbonyl (C=O) groups excluding carboxylic acids is 1. The van der Waals surface area contributed by atoms with Crippen LogP contribution >= 0.6 is 27.3 Å². The Morgan fingerprint density at radius 1 is 1.38 bits per heavy atom. The van der Waals surface area contributed by atoms with Gasteiger partial charge in [-0.15, -0.1) is 11.3 Å². The first kappa shape index (κ1) is 14.0. The molecule has 1 amide bonds. The second-order valence-electron chi connectivity index (χ2n) is 4.61. The van der Waals surface area contributed by atoms with Crippen LogP contribution in [0.4, 0.5) is 11.4 Å². The predicted molar refractivity (Wildman–Crippen MR) is 90.9 cm³/mol. The zero-order valence-electron chi connectivity index (χ0n) is 11.2. The van der Waals surface area contributed by atoms with E-state index in [1.165, 1.54) is 11.3 Å². The van der Waals surface area contributed by atoms with E-state index in [1.807, 2.05) is 37.3 Å². The highest BCUT2D eigenvalue weighted by molar-refractivity contribution is 9.10. The third-order valence-corrected chi connectivity index (χ3v) is 4.79. The molecule has 6 heteroatoms. The van der Waals surface area contributed by atoms with E-state index in [2.05, 4.69) is 26.2 Å². The van der Waals surface area contributed by atoms with Crippen molar-refractivity contribution in [2.75, 3.05) is 11.1 Å². The minimum atomic E-state index is -0.211. The molecule has 1 aromatic carbocycles. The highest BCUT2D eigenvalue weighted by Gasteiger charge is 2.17. The van der Waals surface area contributed by atoms with Crippen LogP contribution in [0.3, 0.4) is 0 Å². The predicted octanol–water partition coefficient (Wildman–Crippen LogP) is 4.20. The van der Waals surface area contributed by atoms with Crippen molar-refractivity contribution in [1.82, 2.24) is 4.98 Å². The smallest absolute Gasteiger partial charge is 0.267 e. The molecule has 2 aromatic heterocycles. The first-order valence-electron chi connectivity index (χ1n) is 6.27. The van der Waals surface area contributed by atoms with Crippen molar-refractivity contribution in [1.29, 1.82) is 0 Å². The van der Waals surface area contributed by atoms with Gasteiger partial charge in [-0.05, 0) is 36.8 Å². The molecule has 2 heterocycles. The lowest BCUT2D eigenvalue weighted by molar-refractivity contribution is 0.103. The molecule has 21 heavy (non-hydrogen) atoms. The Labute approximate surface area is 134 Å². The van der Waals surface area contributed by atoms with Crippen molar-refractivity contribution in [2.24, 2.45) is 0 Å². The lowest BCUT2D eigenvalue weighted by Crippen LogP contribution is -2.12. The molecule has 106 valence electrons. The van der Waals surface area contributed by atoms with Crippen LogP contribution in [0.2, 0.25) is 0 Å². The van der Waals surface area contributed by atoms with E-state index in [4.69, 9.17) is 5.73 Å². The van der Waals surface area contributed by atoms with E-state index in [0.29, 0.717) is 16.1 Å². The Hall–Kier alpha value is -1.92. The Bertz CT molecular complexity index is 844. The summed E-state index contributed by atoms with van der Waals surface area (Å²) in [6, 6.07) is 9.48. The number of aromatic nitrogens is 1. The van der Waals surface area contributed by atoms with E-state index >= 15 is 0 Å². The topological polar surface area (TPSA) is 68.0 Å². The molecule has 0 saturated heterocycles. The minimum absolute atomic E-state index is 0.211. The monoisotopic (exact) mass is 361 g/mol. The van der Waals surface area contributed by atoms with Crippen LogP contribution in [-0.2, 0) is 0 Å². The summed E-state index contributed by atoms with van der Waals surface area (Å²) < 4.78 is 1.82. The first-order valence-corrected chi connectivity index (χ1v) is 7.87. The van der Waals surface area contributed by atoms with Crippen LogP contribution in [-0.4, -0.2) is 10.9 Å². The molecule has 0 saturated carbocycles. The van der Waals surface area contributed by atoms with Gasteiger partial charge in [-0.25, -0.2) is 0 Å². The Morgan fingerprint density at radius 2 is 2.19 bits per heavy atom. The molecule has 3 N–H and O–H groups in total.